The van der Waals surface area contributed by atoms with Crippen LogP contribution in [-0.4, -0.2) is 31.4 Å². The fourth-order valence-corrected chi connectivity index (χ4v) is 9.49. The fourth-order valence-electron chi connectivity index (χ4n) is 4.35. The standard InChI is InChI=1S/C29H38S4/c1(2-4-6-10-24-12-16-26(17-13-24)28-30-20-8-21-31-28)3-5-7-11-25-14-18-27(19-15-25)29-32-22-9-23-33-29/h12-19H,1-11,20-23H2/q+2. The Morgan fingerprint density at radius 1 is 0.515 bits per heavy atom. The van der Waals surface area contributed by atoms with Crippen LogP contribution in [0.4, 0.5) is 0 Å². The van der Waals surface area contributed by atoms with Gasteiger partial charge in [0.1, 0.15) is 0 Å². The van der Waals surface area contributed by atoms with Gasteiger partial charge in [-0.3, -0.25) is 0 Å². The lowest BCUT2D eigenvalue weighted by molar-refractivity contribution is 0.579. The monoisotopic (exact) mass is 514 g/mol. The fraction of sp³-hybridized carbons (Fsp3) is 0.517. The van der Waals surface area contributed by atoms with Crippen LogP contribution in [-0.2, 0) is 35.5 Å². The van der Waals surface area contributed by atoms with Crippen molar-refractivity contribution in [3.63, 3.8) is 0 Å². The number of aryl methyl sites for hydroxylation is 2. The molecule has 0 saturated heterocycles. The maximum Gasteiger partial charge on any atom is 0.265 e. The third kappa shape index (κ3) is 8.80. The van der Waals surface area contributed by atoms with Crippen LogP contribution in [0.15, 0.2) is 48.5 Å². The van der Waals surface area contributed by atoms with Crippen molar-refractivity contribution in [2.24, 2.45) is 0 Å². The van der Waals surface area contributed by atoms with Crippen molar-refractivity contribution in [3.8, 4) is 0 Å². The lowest BCUT2D eigenvalue weighted by atomic mass is 10.0. The van der Waals surface area contributed by atoms with E-state index in [2.05, 4.69) is 48.5 Å². The number of thioether (sulfide) groups is 2. The molecule has 2 aliphatic rings. The quantitative estimate of drug-likeness (QED) is 0.162. The summed E-state index contributed by atoms with van der Waals surface area (Å²) >= 11 is 8.14. The summed E-state index contributed by atoms with van der Waals surface area (Å²) in [4.78, 5) is 0. The molecule has 2 heterocycles. The molecule has 0 N–H and O–H groups in total. The molecule has 0 radical (unpaired) electrons. The zero-order valence-electron chi connectivity index (χ0n) is 19.9. The van der Waals surface area contributed by atoms with Gasteiger partial charge in [-0.1, -0.05) is 79.9 Å². The number of rotatable bonds is 12. The third-order valence-corrected chi connectivity index (χ3v) is 11.7. The minimum atomic E-state index is 1.24. The molecule has 4 heteroatoms. The Hall–Kier alpha value is -0.680. The second-order valence-corrected chi connectivity index (χ2v) is 14.0. The van der Waals surface area contributed by atoms with E-state index in [1.165, 1.54) is 124 Å². The van der Waals surface area contributed by atoms with E-state index >= 15 is 0 Å². The normalized spacial score (nSPS) is 16.4. The smallest absolute Gasteiger partial charge is 0.0643 e. The van der Waals surface area contributed by atoms with Gasteiger partial charge in [0.05, 0.1) is 0 Å². The molecular weight excluding hydrogens is 477 g/mol. The average Bonchev–Trinajstić information content (AvgIpc) is 2.89. The van der Waals surface area contributed by atoms with E-state index in [0.717, 1.165) is 0 Å². The highest BCUT2D eigenvalue weighted by Crippen LogP contribution is 2.20. The number of hydrogen-bond acceptors (Lipinski definition) is 2. The van der Waals surface area contributed by atoms with E-state index in [1.54, 1.807) is 0 Å². The van der Waals surface area contributed by atoms with Gasteiger partial charge in [-0.15, -0.1) is 0 Å². The summed E-state index contributed by atoms with van der Waals surface area (Å²) in [6.45, 7) is 0. The lowest BCUT2D eigenvalue weighted by Crippen LogP contribution is -2.07. The van der Waals surface area contributed by atoms with Crippen LogP contribution in [0.5, 0.6) is 0 Å². The van der Waals surface area contributed by atoms with Crippen molar-refractivity contribution in [1.29, 1.82) is 0 Å². The second kappa shape index (κ2) is 14.7. The van der Waals surface area contributed by atoms with Crippen molar-refractivity contribution < 1.29 is 0 Å². The number of benzene rings is 2. The molecule has 2 aromatic carbocycles. The molecule has 33 heavy (non-hydrogen) atoms. The zero-order valence-corrected chi connectivity index (χ0v) is 23.1. The average molecular weight is 515 g/mol. The zero-order chi connectivity index (χ0) is 22.6. The molecule has 0 spiro atoms. The molecule has 4 rings (SSSR count). The summed E-state index contributed by atoms with van der Waals surface area (Å²) in [6, 6.07) is 18.8. The van der Waals surface area contributed by atoms with Gasteiger partial charge in [-0.05, 0) is 61.1 Å². The summed E-state index contributed by atoms with van der Waals surface area (Å²) in [5, 5.41) is 0. The van der Waals surface area contributed by atoms with Crippen LogP contribution < -0.4 is 0 Å². The molecule has 0 unspecified atom stereocenters. The van der Waals surface area contributed by atoms with Gasteiger partial charge in [0.25, 0.3) is 8.39 Å². The molecule has 0 aliphatic carbocycles. The van der Waals surface area contributed by atoms with Gasteiger partial charge in [0.15, 0.2) is 34.2 Å². The van der Waals surface area contributed by atoms with Gasteiger partial charge in [-0.25, -0.2) is 0 Å². The predicted octanol–water partition coefficient (Wildman–Crippen LogP) is 7.60. The largest absolute Gasteiger partial charge is 0.265 e. The van der Waals surface area contributed by atoms with E-state index in [1.807, 2.05) is 46.2 Å². The molecule has 2 aliphatic heterocycles. The van der Waals surface area contributed by atoms with Gasteiger partial charge >= 0.3 is 0 Å². The highest BCUT2D eigenvalue weighted by Gasteiger charge is 2.19. The van der Waals surface area contributed by atoms with Crippen molar-refractivity contribution in [1.82, 2.24) is 0 Å². The first kappa shape index (κ1) is 25.4. The minimum absolute atomic E-state index is 1.24. The molecule has 0 aromatic heterocycles. The Balaban J connectivity index is 1.03. The molecule has 0 bridgehead atoms. The first-order chi connectivity index (χ1) is 16.4. The Bertz CT molecular complexity index is 821. The van der Waals surface area contributed by atoms with Crippen LogP contribution in [0.2, 0.25) is 0 Å². The van der Waals surface area contributed by atoms with Crippen LogP contribution >= 0.6 is 23.5 Å². The Labute approximate surface area is 218 Å². The molecular formula is C29H38S4+2. The molecule has 2 aromatic rings. The van der Waals surface area contributed by atoms with Crippen LogP contribution in [0, 0.1) is 0 Å². The minimum Gasteiger partial charge on any atom is -0.0643 e. The Morgan fingerprint density at radius 2 is 0.909 bits per heavy atom. The molecule has 176 valence electrons. The summed E-state index contributed by atoms with van der Waals surface area (Å²) in [5.74, 6) is 5.15. The van der Waals surface area contributed by atoms with Crippen molar-refractivity contribution >= 4 is 54.6 Å². The highest BCUT2D eigenvalue weighted by molar-refractivity contribution is 8.23. The number of unbranched alkanes of at least 4 members (excludes halogenated alkanes) is 6. The van der Waals surface area contributed by atoms with Gasteiger partial charge in [-0.2, -0.15) is 0 Å². The van der Waals surface area contributed by atoms with Crippen LogP contribution in [0.1, 0.15) is 80.0 Å². The predicted molar refractivity (Wildman–Crippen MR) is 159 cm³/mol. The Kier molecular flexibility index (Phi) is 11.3. The second-order valence-electron chi connectivity index (χ2n) is 9.04. The van der Waals surface area contributed by atoms with E-state index in [9.17, 15) is 0 Å². The van der Waals surface area contributed by atoms with Crippen molar-refractivity contribution in [2.75, 3.05) is 23.0 Å². The third-order valence-electron chi connectivity index (χ3n) is 6.32. The molecule has 0 atom stereocenters. The van der Waals surface area contributed by atoms with Gasteiger partial charge in [0.2, 0.25) is 0 Å². The topological polar surface area (TPSA) is 0 Å². The van der Waals surface area contributed by atoms with Crippen LogP contribution in [0.25, 0.3) is 0 Å². The van der Waals surface area contributed by atoms with Gasteiger partial charge < -0.3 is 0 Å². The summed E-state index contributed by atoms with van der Waals surface area (Å²) in [6.07, 6.45) is 14.8. The van der Waals surface area contributed by atoms with E-state index < -0.39 is 0 Å². The number of hydrogen-bond donors (Lipinski definition) is 0. The van der Waals surface area contributed by atoms with Gasteiger partial charge in [0, 0.05) is 35.5 Å². The first-order valence-electron chi connectivity index (χ1n) is 12.8. The summed E-state index contributed by atoms with van der Waals surface area (Å²) < 4.78 is 3.06. The van der Waals surface area contributed by atoms with E-state index in [4.69, 9.17) is 0 Å². The molecule has 0 amide bonds. The lowest BCUT2D eigenvalue weighted by Gasteiger charge is -2.06. The van der Waals surface area contributed by atoms with Crippen LogP contribution in [0.3, 0.4) is 0 Å². The molecule has 0 fully saturated rings. The summed E-state index contributed by atoms with van der Waals surface area (Å²) in [7, 11) is 0. The maximum absolute atomic E-state index is 2.36. The van der Waals surface area contributed by atoms with E-state index in [0.29, 0.717) is 0 Å². The first-order valence-corrected chi connectivity index (χ1v) is 16.8. The Morgan fingerprint density at radius 3 is 1.27 bits per heavy atom. The highest BCUT2D eigenvalue weighted by atomic mass is 32.2. The SMILES string of the molecule is c1cc(C2=[S+]CCCS2)ccc1CCCCCCCCCc1ccc(C2=[S+]CCCS2)cc1. The van der Waals surface area contributed by atoms with Crippen molar-refractivity contribution in [3.05, 3.63) is 70.8 Å². The van der Waals surface area contributed by atoms with E-state index in [-0.39, 0.29) is 0 Å². The van der Waals surface area contributed by atoms with Crippen molar-refractivity contribution in [2.45, 2.75) is 70.6 Å². The molecule has 0 nitrogen and oxygen atoms in total. The maximum atomic E-state index is 2.36. The summed E-state index contributed by atoms with van der Waals surface area (Å²) in [5.41, 5.74) is 5.89. The molecule has 0 saturated carbocycles.